The van der Waals surface area contributed by atoms with Gasteiger partial charge in [0, 0.05) is 45.2 Å². The smallest absolute Gasteiger partial charge is 0.221 e. The Labute approximate surface area is 86.0 Å². The number of piperazine rings is 1. The van der Waals surface area contributed by atoms with Gasteiger partial charge in [0.1, 0.15) is 0 Å². The maximum absolute atomic E-state index is 11.2. The van der Waals surface area contributed by atoms with Crippen LogP contribution in [-0.2, 0) is 4.79 Å². The topological polar surface area (TPSA) is 44.4 Å². The van der Waals surface area contributed by atoms with E-state index >= 15 is 0 Å². The van der Waals surface area contributed by atoms with E-state index in [9.17, 15) is 4.79 Å². The highest BCUT2D eigenvalue weighted by atomic mass is 16.1. The second kappa shape index (κ2) is 5.32. The Morgan fingerprint density at radius 1 is 1.71 bits per heavy atom. The van der Waals surface area contributed by atoms with Crippen molar-refractivity contribution in [3.8, 4) is 0 Å². The molecule has 14 heavy (non-hydrogen) atoms. The van der Waals surface area contributed by atoms with Gasteiger partial charge < -0.3 is 10.6 Å². The first kappa shape index (κ1) is 11.5. The highest BCUT2D eigenvalue weighted by Gasteiger charge is 2.21. The molecule has 1 fully saturated rings. The summed E-state index contributed by atoms with van der Waals surface area (Å²) < 4.78 is 0. The molecule has 0 aromatic rings. The van der Waals surface area contributed by atoms with Gasteiger partial charge in [-0.25, -0.2) is 0 Å². The lowest BCUT2D eigenvalue weighted by molar-refractivity contribution is -0.121. The van der Waals surface area contributed by atoms with E-state index in [1.54, 1.807) is 7.05 Å². The predicted molar refractivity (Wildman–Crippen MR) is 57.2 cm³/mol. The fourth-order valence-electron chi connectivity index (χ4n) is 1.86. The van der Waals surface area contributed by atoms with Gasteiger partial charge in [-0.3, -0.25) is 9.69 Å². The van der Waals surface area contributed by atoms with E-state index in [1.165, 1.54) is 0 Å². The molecule has 0 aromatic carbocycles. The molecule has 0 saturated carbocycles. The maximum Gasteiger partial charge on any atom is 0.221 e. The zero-order valence-corrected chi connectivity index (χ0v) is 9.34. The van der Waals surface area contributed by atoms with Gasteiger partial charge in [0.2, 0.25) is 5.91 Å². The van der Waals surface area contributed by atoms with E-state index in [-0.39, 0.29) is 5.91 Å². The van der Waals surface area contributed by atoms with Crippen molar-refractivity contribution in [1.82, 2.24) is 15.5 Å². The molecule has 0 bridgehead atoms. The molecule has 1 aliphatic rings. The Morgan fingerprint density at radius 2 is 2.43 bits per heavy atom. The molecule has 1 aliphatic heterocycles. The average molecular weight is 199 g/mol. The van der Waals surface area contributed by atoms with Crippen molar-refractivity contribution in [2.45, 2.75) is 32.4 Å². The molecule has 4 heteroatoms. The van der Waals surface area contributed by atoms with Crippen LogP contribution in [-0.4, -0.2) is 49.6 Å². The van der Waals surface area contributed by atoms with Gasteiger partial charge in [0.15, 0.2) is 0 Å². The van der Waals surface area contributed by atoms with E-state index in [2.05, 4.69) is 29.4 Å². The molecule has 0 spiro atoms. The summed E-state index contributed by atoms with van der Waals surface area (Å²) in [6.07, 6.45) is 0.600. The molecular weight excluding hydrogens is 178 g/mol. The van der Waals surface area contributed by atoms with Crippen molar-refractivity contribution in [2.75, 3.05) is 26.7 Å². The van der Waals surface area contributed by atoms with E-state index in [0.717, 1.165) is 19.6 Å². The second-order valence-electron chi connectivity index (χ2n) is 4.08. The van der Waals surface area contributed by atoms with Crippen LogP contribution < -0.4 is 10.6 Å². The lowest BCUT2D eigenvalue weighted by Gasteiger charge is -2.35. The van der Waals surface area contributed by atoms with Crippen LogP contribution in [0.4, 0.5) is 0 Å². The van der Waals surface area contributed by atoms with Crippen molar-refractivity contribution >= 4 is 5.91 Å². The summed E-state index contributed by atoms with van der Waals surface area (Å²) in [6, 6.07) is 0.885. The summed E-state index contributed by atoms with van der Waals surface area (Å²) in [4.78, 5) is 13.6. The Kier molecular flexibility index (Phi) is 4.35. The van der Waals surface area contributed by atoms with Crippen LogP contribution in [0.15, 0.2) is 0 Å². The van der Waals surface area contributed by atoms with E-state index in [1.807, 2.05) is 0 Å². The van der Waals surface area contributed by atoms with Gasteiger partial charge in [-0.05, 0) is 13.8 Å². The van der Waals surface area contributed by atoms with Gasteiger partial charge in [-0.1, -0.05) is 0 Å². The number of hydrogen-bond acceptors (Lipinski definition) is 3. The quantitative estimate of drug-likeness (QED) is 0.662. The van der Waals surface area contributed by atoms with Crippen LogP contribution in [0.5, 0.6) is 0 Å². The Hall–Kier alpha value is -0.610. The molecule has 4 nitrogen and oxygen atoms in total. The Balaban J connectivity index is 2.35. The molecule has 0 aliphatic carbocycles. The highest BCUT2D eigenvalue weighted by molar-refractivity contribution is 5.76. The molecular formula is C10H21N3O. The third kappa shape index (κ3) is 3.27. The van der Waals surface area contributed by atoms with Crippen LogP contribution in [0.1, 0.15) is 20.3 Å². The van der Waals surface area contributed by atoms with Gasteiger partial charge >= 0.3 is 0 Å². The first-order chi connectivity index (χ1) is 6.63. The first-order valence-corrected chi connectivity index (χ1v) is 5.31. The molecule has 82 valence electrons. The normalized spacial score (nSPS) is 25.8. The third-order valence-corrected chi connectivity index (χ3v) is 2.78. The van der Waals surface area contributed by atoms with Gasteiger partial charge in [0.05, 0.1) is 0 Å². The summed E-state index contributed by atoms with van der Waals surface area (Å²) in [7, 11) is 1.69. The average Bonchev–Trinajstić information content (AvgIpc) is 2.17. The lowest BCUT2D eigenvalue weighted by atomic mass is 10.1. The Morgan fingerprint density at radius 3 is 3.00 bits per heavy atom. The summed E-state index contributed by atoms with van der Waals surface area (Å²) in [5, 5.41) is 6.06. The number of nitrogens with one attached hydrogen (secondary N) is 2. The van der Waals surface area contributed by atoms with Gasteiger partial charge in [-0.2, -0.15) is 0 Å². The number of amides is 1. The first-order valence-electron chi connectivity index (χ1n) is 5.31. The number of carbonyl (C=O) groups excluding carboxylic acids is 1. The molecule has 2 atom stereocenters. The minimum Gasteiger partial charge on any atom is -0.359 e. The number of rotatable bonds is 3. The van der Waals surface area contributed by atoms with Crippen LogP contribution in [0, 0.1) is 0 Å². The molecule has 1 heterocycles. The molecule has 1 rings (SSSR count). The maximum atomic E-state index is 11.2. The van der Waals surface area contributed by atoms with Gasteiger partial charge in [-0.15, -0.1) is 0 Å². The van der Waals surface area contributed by atoms with Crippen molar-refractivity contribution in [2.24, 2.45) is 0 Å². The van der Waals surface area contributed by atoms with Crippen LogP contribution in [0.25, 0.3) is 0 Å². The molecule has 2 unspecified atom stereocenters. The minimum absolute atomic E-state index is 0.128. The van der Waals surface area contributed by atoms with Crippen molar-refractivity contribution in [3.05, 3.63) is 0 Å². The van der Waals surface area contributed by atoms with Crippen LogP contribution in [0.2, 0.25) is 0 Å². The predicted octanol–water partition coefficient (Wildman–Crippen LogP) is -0.195. The zero-order valence-electron chi connectivity index (χ0n) is 9.34. The SMILES string of the molecule is CNC(=O)CC(C)N1CCNC(C)C1. The van der Waals surface area contributed by atoms with E-state index in [0.29, 0.717) is 18.5 Å². The zero-order chi connectivity index (χ0) is 10.6. The Bertz CT molecular complexity index is 196. The standard InChI is InChI=1S/C10H21N3O/c1-8-7-13(5-4-12-8)9(2)6-10(14)11-3/h8-9,12H,4-7H2,1-3H3,(H,11,14). The molecule has 1 amide bonds. The molecule has 0 radical (unpaired) electrons. The molecule has 0 aromatic heterocycles. The molecule has 2 N–H and O–H groups in total. The summed E-state index contributed by atoms with van der Waals surface area (Å²) in [6.45, 7) is 7.41. The second-order valence-corrected chi connectivity index (χ2v) is 4.08. The number of nitrogens with zero attached hydrogens (tertiary/aromatic N) is 1. The summed E-state index contributed by atoms with van der Waals surface area (Å²) in [5.74, 6) is 0.128. The highest BCUT2D eigenvalue weighted by Crippen LogP contribution is 2.07. The van der Waals surface area contributed by atoms with E-state index < -0.39 is 0 Å². The molecule has 1 saturated heterocycles. The van der Waals surface area contributed by atoms with Crippen LogP contribution >= 0.6 is 0 Å². The lowest BCUT2D eigenvalue weighted by Crippen LogP contribution is -2.52. The minimum atomic E-state index is 0.128. The van der Waals surface area contributed by atoms with Gasteiger partial charge in [0.25, 0.3) is 0 Å². The fourth-order valence-corrected chi connectivity index (χ4v) is 1.86. The number of carbonyl (C=O) groups is 1. The van der Waals surface area contributed by atoms with E-state index in [4.69, 9.17) is 0 Å². The summed E-state index contributed by atoms with van der Waals surface area (Å²) in [5.41, 5.74) is 0. The van der Waals surface area contributed by atoms with Crippen molar-refractivity contribution in [3.63, 3.8) is 0 Å². The van der Waals surface area contributed by atoms with Crippen molar-refractivity contribution in [1.29, 1.82) is 0 Å². The fraction of sp³-hybridized carbons (Fsp3) is 0.900. The monoisotopic (exact) mass is 199 g/mol. The number of hydrogen-bond donors (Lipinski definition) is 2. The van der Waals surface area contributed by atoms with Crippen molar-refractivity contribution < 1.29 is 4.79 Å². The third-order valence-electron chi connectivity index (χ3n) is 2.78. The largest absolute Gasteiger partial charge is 0.359 e. The summed E-state index contributed by atoms with van der Waals surface area (Å²) >= 11 is 0. The van der Waals surface area contributed by atoms with Crippen LogP contribution in [0.3, 0.4) is 0 Å².